The molecular formula is C13H14BClFNO2. The smallest absolute Gasteiger partial charge is 0.399 e. The summed E-state index contributed by atoms with van der Waals surface area (Å²) in [6, 6.07) is 4.63. The third-order valence-electron chi connectivity index (χ3n) is 3.69. The van der Waals surface area contributed by atoms with Crippen molar-refractivity contribution in [2.45, 2.75) is 38.9 Å². The minimum Gasteiger partial charge on any atom is -0.399 e. The monoisotopic (exact) mass is 281 g/mol. The summed E-state index contributed by atoms with van der Waals surface area (Å²) in [5.74, 6) is -0.612. The van der Waals surface area contributed by atoms with Crippen LogP contribution in [0.5, 0.6) is 0 Å². The Hall–Kier alpha value is -1.09. The number of hydrogen-bond acceptors (Lipinski definition) is 3. The van der Waals surface area contributed by atoms with Crippen LogP contribution in [0.25, 0.3) is 0 Å². The third kappa shape index (κ3) is 2.36. The average Bonchev–Trinajstić information content (AvgIpc) is 2.51. The Morgan fingerprint density at radius 1 is 1.21 bits per heavy atom. The number of hydrogen-bond donors (Lipinski definition) is 0. The van der Waals surface area contributed by atoms with Gasteiger partial charge >= 0.3 is 7.12 Å². The van der Waals surface area contributed by atoms with Crippen molar-refractivity contribution in [3.63, 3.8) is 0 Å². The van der Waals surface area contributed by atoms with E-state index in [2.05, 4.69) is 0 Å². The van der Waals surface area contributed by atoms with Crippen LogP contribution >= 0.6 is 11.6 Å². The fourth-order valence-electron chi connectivity index (χ4n) is 1.82. The van der Waals surface area contributed by atoms with Crippen LogP contribution < -0.4 is 5.46 Å². The Morgan fingerprint density at radius 3 is 2.21 bits per heavy atom. The van der Waals surface area contributed by atoms with Gasteiger partial charge in [-0.1, -0.05) is 11.6 Å². The van der Waals surface area contributed by atoms with E-state index in [0.717, 1.165) is 0 Å². The zero-order valence-electron chi connectivity index (χ0n) is 11.3. The average molecular weight is 282 g/mol. The molecule has 1 saturated heterocycles. The van der Waals surface area contributed by atoms with E-state index in [4.69, 9.17) is 26.2 Å². The molecule has 1 aromatic carbocycles. The lowest BCUT2D eigenvalue weighted by Gasteiger charge is -2.32. The number of nitrogens with zero attached hydrogens (tertiary/aromatic N) is 1. The van der Waals surface area contributed by atoms with Gasteiger partial charge in [-0.2, -0.15) is 5.26 Å². The Balaban J connectivity index is 2.45. The Morgan fingerprint density at radius 2 is 1.74 bits per heavy atom. The molecule has 0 amide bonds. The molecule has 0 bridgehead atoms. The third-order valence-corrected chi connectivity index (χ3v) is 3.97. The first-order valence-electron chi connectivity index (χ1n) is 5.92. The summed E-state index contributed by atoms with van der Waals surface area (Å²) in [5.41, 5.74) is -0.711. The van der Waals surface area contributed by atoms with Crippen molar-refractivity contribution in [1.29, 1.82) is 5.26 Å². The fraction of sp³-hybridized carbons (Fsp3) is 0.462. The fourth-order valence-corrected chi connectivity index (χ4v) is 2.04. The number of rotatable bonds is 1. The molecule has 1 aliphatic rings. The number of benzene rings is 1. The number of halogens is 2. The summed E-state index contributed by atoms with van der Waals surface area (Å²) in [6.45, 7) is 7.50. The molecule has 1 aromatic rings. The highest BCUT2D eigenvalue weighted by Gasteiger charge is 2.52. The molecule has 1 heterocycles. The van der Waals surface area contributed by atoms with Crippen LogP contribution in [0.3, 0.4) is 0 Å². The van der Waals surface area contributed by atoms with Gasteiger partial charge in [-0.25, -0.2) is 4.39 Å². The molecule has 0 saturated carbocycles. The molecule has 19 heavy (non-hydrogen) atoms. The summed E-state index contributed by atoms with van der Waals surface area (Å²) >= 11 is 5.78. The van der Waals surface area contributed by atoms with Crippen LogP contribution in [0.2, 0.25) is 5.02 Å². The predicted octanol–water partition coefficient (Wildman–Crippen LogP) is 2.65. The van der Waals surface area contributed by atoms with Gasteiger partial charge in [0, 0.05) is 5.46 Å². The first kappa shape index (κ1) is 14.3. The molecule has 1 fully saturated rings. The molecule has 0 spiro atoms. The van der Waals surface area contributed by atoms with E-state index < -0.39 is 24.1 Å². The minimum absolute atomic E-state index is 0.108. The van der Waals surface area contributed by atoms with Crippen molar-refractivity contribution in [2.75, 3.05) is 0 Å². The summed E-state index contributed by atoms with van der Waals surface area (Å²) in [4.78, 5) is 0. The predicted molar refractivity (Wildman–Crippen MR) is 71.8 cm³/mol. The van der Waals surface area contributed by atoms with Crippen LogP contribution in [-0.4, -0.2) is 18.3 Å². The number of nitriles is 1. The van der Waals surface area contributed by atoms with E-state index in [-0.39, 0.29) is 16.0 Å². The first-order valence-corrected chi connectivity index (χ1v) is 6.30. The van der Waals surface area contributed by atoms with Crippen molar-refractivity contribution in [3.05, 3.63) is 28.5 Å². The Bertz CT molecular complexity index is 552. The highest BCUT2D eigenvalue weighted by atomic mass is 35.5. The molecule has 0 aromatic heterocycles. The van der Waals surface area contributed by atoms with E-state index in [9.17, 15) is 4.39 Å². The van der Waals surface area contributed by atoms with Gasteiger partial charge in [-0.3, -0.25) is 0 Å². The minimum atomic E-state index is -0.865. The maximum Gasteiger partial charge on any atom is 0.497 e. The summed E-state index contributed by atoms with van der Waals surface area (Å²) in [5, 5.41) is 8.81. The van der Waals surface area contributed by atoms with Crippen molar-refractivity contribution >= 4 is 24.2 Å². The highest BCUT2D eigenvalue weighted by Crippen LogP contribution is 2.37. The summed E-state index contributed by atoms with van der Waals surface area (Å²) < 4.78 is 25.6. The van der Waals surface area contributed by atoms with Crippen molar-refractivity contribution in [3.8, 4) is 6.07 Å². The molecule has 2 rings (SSSR count). The van der Waals surface area contributed by atoms with E-state index >= 15 is 0 Å². The maximum absolute atomic E-state index is 14.1. The Labute approximate surface area is 117 Å². The van der Waals surface area contributed by atoms with E-state index in [1.165, 1.54) is 12.1 Å². The van der Waals surface area contributed by atoms with Crippen molar-refractivity contribution in [2.24, 2.45) is 0 Å². The molecule has 100 valence electrons. The van der Waals surface area contributed by atoms with Gasteiger partial charge in [-0.15, -0.1) is 0 Å². The quantitative estimate of drug-likeness (QED) is 0.743. The second kappa shape index (κ2) is 4.48. The lowest BCUT2D eigenvalue weighted by atomic mass is 9.78. The summed E-state index contributed by atoms with van der Waals surface area (Å²) in [6.07, 6.45) is 0. The standard InChI is InChI=1S/C13H14BClFNO2/c1-12(2)13(3,4)19-14(18-12)9-5-8(7-17)6-10(15)11(9)16/h5-6H,1-4H3. The van der Waals surface area contributed by atoms with E-state index in [1.807, 2.05) is 33.8 Å². The van der Waals surface area contributed by atoms with Crippen LogP contribution in [0, 0.1) is 17.1 Å². The molecule has 0 unspecified atom stereocenters. The Kier molecular flexibility index (Phi) is 3.38. The zero-order valence-corrected chi connectivity index (χ0v) is 12.0. The van der Waals surface area contributed by atoms with Gasteiger partial charge < -0.3 is 9.31 Å². The molecule has 6 heteroatoms. The zero-order chi connectivity index (χ0) is 14.4. The summed E-state index contributed by atoms with van der Waals surface area (Å²) in [7, 11) is -0.865. The van der Waals surface area contributed by atoms with Gasteiger partial charge in [0.15, 0.2) is 0 Å². The molecule has 0 atom stereocenters. The topological polar surface area (TPSA) is 42.2 Å². The van der Waals surface area contributed by atoms with Gasteiger partial charge in [-0.05, 0) is 39.8 Å². The molecule has 1 aliphatic heterocycles. The van der Waals surface area contributed by atoms with E-state index in [0.29, 0.717) is 0 Å². The molecule has 0 aliphatic carbocycles. The SMILES string of the molecule is CC1(C)OB(c2cc(C#N)cc(Cl)c2F)OC1(C)C. The van der Waals surface area contributed by atoms with Gasteiger partial charge in [0.05, 0.1) is 27.9 Å². The normalized spacial score (nSPS) is 20.4. The lowest BCUT2D eigenvalue weighted by Crippen LogP contribution is -2.41. The lowest BCUT2D eigenvalue weighted by molar-refractivity contribution is 0.00578. The van der Waals surface area contributed by atoms with Crippen molar-refractivity contribution in [1.82, 2.24) is 0 Å². The van der Waals surface area contributed by atoms with Crippen molar-refractivity contribution < 1.29 is 13.7 Å². The van der Waals surface area contributed by atoms with Crippen LogP contribution in [0.4, 0.5) is 4.39 Å². The molecular weight excluding hydrogens is 267 g/mol. The second-order valence-corrected chi connectivity index (χ2v) is 5.97. The van der Waals surface area contributed by atoms with Gasteiger partial charge in [0.1, 0.15) is 5.82 Å². The van der Waals surface area contributed by atoms with Gasteiger partial charge in [0.2, 0.25) is 0 Å². The molecule has 0 N–H and O–H groups in total. The van der Waals surface area contributed by atoms with Crippen LogP contribution in [0.1, 0.15) is 33.3 Å². The largest absolute Gasteiger partial charge is 0.497 e. The maximum atomic E-state index is 14.1. The highest BCUT2D eigenvalue weighted by molar-refractivity contribution is 6.62. The van der Waals surface area contributed by atoms with E-state index in [1.54, 1.807) is 0 Å². The van der Waals surface area contributed by atoms with Gasteiger partial charge in [0.25, 0.3) is 0 Å². The second-order valence-electron chi connectivity index (χ2n) is 5.56. The van der Waals surface area contributed by atoms with Crippen LogP contribution in [0.15, 0.2) is 12.1 Å². The van der Waals surface area contributed by atoms with Crippen LogP contribution in [-0.2, 0) is 9.31 Å². The molecule has 0 radical (unpaired) electrons. The first-order chi connectivity index (χ1) is 8.68. The molecule has 3 nitrogen and oxygen atoms in total.